The third-order valence-electron chi connectivity index (χ3n) is 3.09. The third-order valence-corrected chi connectivity index (χ3v) is 3.51. The van der Waals surface area contributed by atoms with Crippen LogP contribution in [0.1, 0.15) is 19.6 Å². The molecule has 2 heterocycles. The van der Waals surface area contributed by atoms with Gasteiger partial charge < -0.3 is 18.8 Å². The zero-order chi connectivity index (χ0) is 16.1. The smallest absolute Gasteiger partial charge is 0.331 e. The number of carbonyl (C=O) groups excluding carboxylic acids is 2. The largest absolute Gasteiger partial charge is 0.452 e. The van der Waals surface area contributed by atoms with Crippen molar-refractivity contribution in [3.8, 4) is 0 Å². The molecule has 1 aliphatic rings. The Bertz CT molecular complexity index is 558. The zero-order valence-electron chi connectivity index (χ0n) is 12.5. The fourth-order valence-electron chi connectivity index (χ4n) is 2.22. The molecular formula is C15H18BrNO5. The van der Waals surface area contributed by atoms with Crippen molar-refractivity contribution < 1.29 is 23.5 Å². The van der Waals surface area contributed by atoms with Crippen LogP contribution in [-0.2, 0) is 19.1 Å². The Morgan fingerprint density at radius 1 is 1.36 bits per heavy atom. The Balaban J connectivity index is 1.78. The van der Waals surface area contributed by atoms with Gasteiger partial charge in [-0.3, -0.25) is 4.79 Å². The molecule has 2 atom stereocenters. The van der Waals surface area contributed by atoms with Crippen molar-refractivity contribution in [1.82, 2.24) is 4.90 Å². The van der Waals surface area contributed by atoms with Crippen LogP contribution in [-0.4, -0.2) is 48.7 Å². The number of hydrogen-bond donors (Lipinski definition) is 0. The number of esters is 1. The number of halogens is 1. The van der Waals surface area contributed by atoms with E-state index in [1.54, 1.807) is 17.0 Å². The van der Waals surface area contributed by atoms with Crippen LogP contribution in [0, 0.1) is 0 Å². The summed E-state index contributed by atoms with van der Waals surface area (Å²) >= 11 is 3.17. The first-order valence-electron chi connectivity index (χ1n) is 6.97. The minimum atomic E-state index is -0.588. The molecule has 1 aliphatic heterocycles. The molecular weight excluding hydrogens is 354 g/mol. The van der Waals surface area contributed by atoms with E-state index in [2.05, 4.69) is 15.9 Å². The van der Waals surface area contributed by atoms with Crippen LogP contribution in [0.2, 0.25) is 0 Å². The van der Waals surface area contributed by atoms with E-state index in [1.807, 2.05) is 13.8 Å². The number of carbonyl (C=O) groups is 2. The van der Waals surface area contributed by atoms with E-state index in [9.17, 15) is 9.59 Å². The van der Waals surface area contributed by atoms with Crippen LogP contribution in [0.15, 0.2) is 27.3 Å². The van der Waals surface area contributed by atoms with E-state index in [4.69, 9.17) is 13.9 Å². The summed E-state index contributed by atoms with van der Waals surface area (Å²) in [7, 11) is 0. The van der Waals surface area contributed by atoms with Crippen molar-refractivity contribution in [2.75, 3.05) is 19.7 Å². The SMILES string of the molecule is C[C@@H]1CN(C(=O)COC(=O)/C=C/c2ccc(Br)o2)C[C@@H](C)O1. The molecule has 0 spiro atoms. The van der Waals surface area contributed by atoms with Gasteiger partial charge in [-0.2, -0.15) is 0 Å². The molecule has 7 heteroatoms. The van der Waals surface area contributed by atoms with Gasteiger partial charge in [0.15, 0.2) is 11.3 Å². The van der Waals surface area contributed by atoms with Gasteiger partial charge in [-0.15, -0.1) is 0 Å². The predicted molar refractivity (Wildman–Crippen MR) is 83.0 cm³/mol. The Kier molecular flexibility index (Phi) is 5.79. The van der Waals surface area contributed by atoms with E-state index < -0.39 is 5.97 Å². The van der Waals surface area contributed by atoms with Gasteiger partial charge in [-0.1, -0.05) is 0 Å². The highest BCUT2D eigenvalue weighted by Gasteiger charge is 2.26. The second kappa shape index (κ2) is 7.60. The highest BCUT2D eigenvalue weighted by atomic mass is 79.9. The lowest BCUT2D eigenvalue weighted by atomic mass is 10.2. The second-order valence-corrected chi connectivity index (χ2v) is 5.92. The Morgan fingerprint density at radius 3 is 2.64 bits per heavy atom. The Hall–Kier alpha value is -1.60. The summed E-state index contributed by atoms with van der Waals surface area (Å²) < 4.78 is 16.3. The monoisotopic (exact) mass is 371 g/mol. The molecule has 0 saturated carbocycles. The summed E-state index contributed by atoms with van der Waals surface area (Å²) in [5.41, 5.74) is 0. The first kappa shape index (κ1) is 16.8. The number of amides is 1. The molecule has 0 aromatic carbocycles. The molecule has 1 aromatic rings. The van der Waals surface area contributed by atoms with Crippen molar-refractivity contribution in [3.05, 3.63) is 28.6 Å². The average Bonchev–Trinajstić information content (AvgIpc) is 2.87. The van der Waals surface area contributed by atoms with Crippen LogP contribution in [0.3, 0.4) is 0 Å². The van der Waals surface area contributed by atoms with E-state index in [-0.39, 0.29) is 24.7 Å². The van der Waals surface area contributed by atoms with E-state index in [1.165, 1.54) is 12.2 Å². The van der Waals surface area contributed by atoms with Gasteiger partial charge in [0.25, 0.3) is 5.91 Å². The second-order valence-electron chi connectivity index (χ2n) is 5.14. The zero-order valence-corrected chi connectivity index (χ0v) is 14.0. The van der Waals surface area contributed by atoms with E-state index in [0.717, 1.165) is 0 Å². The van der Waals surface area contributed by atoms with Gasteiger partial charge in [-0.05, 0) is 48.0 Å². The third kappa shape index (κ3) is 4.99. The topological polar surface area (TPSA) is 69.0 Å². The van der Waals surface area contributed by atoms with Crippen LogP contribution in [0.25, 0.3) is 6.08 Å². The first-order valence-corrected chi connectivity index (χ1v) is 7.76. The van der Waals surface area contributed by atoms with Gasteiger partial charge >= 0.3 is 5.97 Å². The predicted octanol–water partition coefficient (Wildman–Crippen LogP) is 2.23. The highest BCUT2D eigenvalue weighted by Crippen LogP contribution is 2.15. The molecule has 0 aliphatic carbocycles. The normalized spacial score (nSPS) is 22.0. The first-order chi connectivity index (χ1) is 10.4. The van der Waals surface area contributed by atoms with Gasteiger partial charge in [0.2, 0.25) is 0 Å². The Labute approximate surface area is 137 Å². The number of ether oxygens (including phenoxy) is 2. The lowest BCUT2D eigenvalue weighted by Crippen LogP contribution is -2.49. The fraction of sp³-hybridized carbons (Fsp3) is 0.467. The lowest BCUT2D eigenvalue weighted by molar-refractivity contribution is -0.154. The van der Waals surface area contributed by atoms with Gasteiger partial charge in [-0.25, -0.2) is 4.79 Å². The summed E-state index contributed by atoms with van der Waals surface area (Å²) in [6.45, 7) is 4.57. The molecule has 2 rings (SSSR count). The van der Waals surface area contributed by atoms with E-state index in [0.29, 0.717) is 23.5 Å². The molecule has 0 unspecified atom stereocenters. The van der Waals surface area contributed by atoms with Crippen LogP contribution in [0.4, 0.5) is 0 Å². The lowest BCUT2D eigenvalue weighted by Gasteiger charge is -2.35. The minimum absolute atomic E-state index is 0.0132. The average molecular weight is 372 g/mol. The van der Waals surface area contributed by atoms with E-state index >= 15 is 0 Å². The van der Waals surface area contributed by atoms with Crippen molar-refractivity contribution in [1.29, 1.82) is 0 Å². The molecule has 1 fully saturated rings. The standard InChI is InChI=1S/C15H18BrNO5/c1-10-7-17(8-11(2)21-10)14(18)9-20-15(19)6-4-12-3-5-13(16)22-12/h3-6,10-11H,7-9H2,1-2H3/b6-4+/t10-,11-/m1/s1. The summed E-state index contributed by atoms with van der Waals surface area (Å²) in [5, 5.41) is 0. The van der Waals surface area contributed by atoms with Crippen LogP contribution < -0.4 is 0 Å². The molecule has 1 aromatic heterocycles. The molecule has 0 radical (unpaired) electrons. The number of nitrogens with zero attached hydrogens (tertiary/aromatic N) is 1. The fourth-order valence-corrected chi connectivity index (χ4v) is 2.54. The minimum Gasteiger partial charge on any atom is -0.452 e. The highest BCUT2D eigenvalue weighted by molar-refractivity contribution is 9.10. The van der Waals surface area contributed by atoms with Crippen LogP contribution >= 0.6 is 15.9 Å². The van der Waals surface area contributed by atoms with Gasteiger partial charge in [0.1, 0.15) is 5.76 Å². The van der Waals surface area contributed by atoms with Crippen LogP contribution in [0.5, 0.6) is 0 Å². The Morgan fingerprint density at radius 2 is 2.05 bits per heavy atom. The molecule has 1 saturated heterocycles. The quantitative estimate of drug-likeness (QED) is 0.599. The molecule has 120 valence electrons. The summed E-state index contributed by atoms with van der Waals surface area (Å²) in [6.07, 6.45) is 2.68. The number of hydrogen-bond acceptors (Lipinski definition) is 5. The number of morpholine rings is 1. The number of rotatable bonds is 4. The maximum Gasteiger partial charge on any atom is 0.331 e. The summed E-state index contributed by atoms with van der Waals surface area (Å²) in [5.74, 6) is -0.286. The molecule has 6 nitrogen and oxygen atoms in total. The van der Waals surface area contributed by atoms with Gasteiger partial charge in [0.05, 0.1) is 12.2 Å². The van der Waals surface area contributed by atoms with Crippen molar-refractivity contribution >= 4 is 33.9 Å². The molecule has 0 N–H and O–H groups in total. The van der Waals surface area contributed by atoms with Gasteiger partial charge in [0, 0.05) is 19.2 Å². The maximum absolute atomic E-state index is 12.0. The maximum atomic E-state index is 12.0. The number of furan rings is 1. The van der Waals surface area contributed by atoms with Crippen molar-refractivity contribution in [3.63, 3.8) is 0 Å². The summed E-state index contributed by atoms with van der Waals surface area (Å²) in [4.78, 5) is 25.2. The van der Waals surface area contributed by atoms with Crippen molar-refractivity contribution in [2.45, 2.75) is 26.1 Å². The molecule has 0 bridgehead atoms. The molecule has 22 heavy (non-hydrogen) atoms. The molecule has 1 amide bonds. The summed E-state index contributed by atoms with van der Waals surface area (Å²) in [6, 6.07) is 3.42. The van der Waals surface area contributed by atoms with Crippen molar-refractivity contribution in [2.24, 2.45) is 0 Å².